The van der Waals surface area contributed by atoms with Crippen LogP contribution < -0.4 is 11.2 Å². The molecule has 1 fully saturated rings. The maximum Gasteiger partial charge on any atom is 0.473 e. The van der Waals surface area contributed by atoms with Gasteiger partial charge in [0.05, 0.1) is 18.1 Å². The first-order valence-electron chi connectivity index (χ1n) is 8.76. The van der Waals surface area contributed by atoms with Gasteiger partial charge >= 0.3 is 13.5 Å². The van der Waals surface area contributed by atoms with E-state index in [0.29, 0.717) is 0 Å². The average molecular weight is 459 g/mol. The largest absolute Gasteiger partial charge is 0.473 e. The van der Waals surface area contributed by atoms with Gasteiger partial charge in [-0.3, -0.25) is 33.5 Å². The maximum absolute atomic E-state index is 12.4. The monoisotopic (exact) mass is 459 g/mol. The number of rotatable bonds is 8. The van der Waals surface area contributed by atoms with Crippen LogP contribution in [0.25, 0.3) is 0 Å². The van der Waals surface area contributed by atoms with E-state index in [1.807, 2.05) is 4.98 Å². The van der Waals surface area contributed by atoms with Crippen molar-refractivity contribution in [2.45, 2.75) is 31.1 Å². The van der Waals surface area contributed by atoms with Crippen LogP contribution in [0.2, 0.25) is 0 Å². The number of nitrogens with zero attached hydrogens (tertiary/aromatic N) is 2. The van der Waals surface area contributed by atoms with Crippen molar-refractivity contribution in [3.05, 3.63) is 73.0 Å². The molecule has 1 aliphatic rings. The number of H-pyrrole nitrogens is 1. The second kappa shape index (κ2) is 9.20. The van der Waals surface area contributed by atoms with Crippen molar-refractivity contribution in [3.63, 3.8) is 0 Å². The van der Waals surface area contributed by atoms with Crippen molar-refractivity contribution in [3.8, 4) is 0 Å². The Bertz CT molecular complexity index is 1120. The molecule has 0 bridgehead atoms. The predicted molar refractivity (Wildman–Crippen MR) is 101 cm³/mol. The standard InChI is InChI=1S/C16H18N3O11P/c20-7-11-13(22)14(15(29-11)18-5-4-12(21)17-16(18)23)30-31(26,27)28-8-9-2-1-3-10(6-9)19(24)25/h1-6,11,13-15,20,22H,7-8H2,(H,26,27)(H,17,21,23)/t11-,13-,14-,15-/m1/s1. The number of benzene rings is 1. The number of nitrogens with one attached hydrogen (secondary N) is 1. The van der Waals surface area contributed by atoms with E-state index in [0.717, 1.165) is 22.9 Å². The van der Waals surface area contributed by atoms with Gasteiger partial charge in [0, 0.05) is 24.4 Å². The van der Waals surface area contributed by atoms with E-state index < -0.39 is 61.7 Å². The van der Waals surface area contributed by atoms with Crippen LogP contribution in [-0.2, 0) is 25.0 Å². The number of aromatic nitrogens is 2. The van der Waals surface area contributed by atoms with Gasteiger partial charge in [0.2, 0.25) is 0 Å². The highest BCUT2D eigenvalue weighted by molar-refractivity contribution is 7.47. The first-order chi connectivity index (χ1) is 14.6. The topological polar surface area (TPSA) is 203 Å². The summed E-state index contributed by atoms with van der Waals surface area (Å²) in [5.74, 6) is 0. The van der Waals surface area contributed by atoms with Crippen molar-refractivity contribution in [1.82, 2.24) is 9.55 Å². The summed E-state index contributed by atoms with van der Waals surface area (Å²) in [4.78, 5) is 45.5. The highest BCUT2D eigenvalue weighted by Crippen LogP contribution is 2.49. The van der Waals surface area contributed by atoms with E-state index in [9.17, 15) is 39.4 Å². The SMILES string of the molecule is O=c1ccn([C@@H]2O[C@H](CO)[C@@H](O)[C@H]2OP(=O)(O)OCc2cccc([N+](=O)[O-])c2)c(=O)[nH]1. The molecule has 14 nitrogen and oxygen atoms in total. The number of aliphatic hydroxyl groups is 2. The smallest absolute Gasteiger partial charge is 0.394 e. The summed E-state index contributed by atoms with van der Waals surface area (Å²) in [5.41, 5.74) is -1.69. The van der Waals surface area contributed by atoms with Crippen LogP contribution in [0.4, 0.5) is 5.69 Å². The highest BCUT2D eigenvalue weighted by atomic mass is 31.2. The molecule has 0 radical (unpaired) electrons. The van der Waals surface area contributed by atoms with Gasteiger partial charge < -0.3 is 19.8 Å². The maximum atomic E-state index is 12.4. The molecule has 0 saturated carbocycles. The molecule has 3 rings (SSSR count). The summed E-state index contributed by atoms with van der Waals surface area (Å²) >= 11 is 0. The third-order valence-electron chi connectivity index (χ3n) is 4.39. The number of ether oxygens (including phenoxy) is 1. The fourth-order valence-corrected chi connectivity index (χ4v) is 3.84. The molecule has 4 N–H and O–H groups in total. The van der Waals surface area contributed by atoms with Crippen molar-refractivity contribution >= 4 is 13.5 Å². The summed E-state index contributed by atoms with van der Waals surface area (Å²) < 4.78 is 28.4. The van der Waals surface area contributed by atoms with E-state index >= 15 is 0 Å². The van der Waals surface area contributed by atoms with E-state index in [1.165, 1.54) is 18.2 Å². The van der Waals surface area contributed by atoms with Gasteiger partial charge in [-0.2, -0.15) is 0 Å². The number of hydrogen-bond acceptors (Lipinski definition) is 10. The fraction of sp³-hybridized carbons (Fsp3) is 0.375. The van der Waals surface area contributed by atoms with E-state index in [2.05, 4.69) is 0 Å². The summed E-state index contributed by atoms with van der Waals surface area (Å²) in [6, 6.07) is 6.13. The number of non-ortho nitro benzene ring substituents is 1. The van der Waals surface area contributed by atoms with Gasteiger partial charge in [-0.1, -0.05) is 12.1 Å². The summed E-state index contributed by atoms with van der Waals surface area (Å²) in [6.07, 6.45) is -4.97. The Balaban J connectivity index is 1.79. The molecular formula is C16H18N3O11P. The summed E-state index contributed by atoms with van der Waals surface area (Å²) in [6.45, 7) is -1.23. The van der Waals surface area contributed by atoms with Crippen molar-refractivity contribution in [2.75, 3.05) is 6.61 Å². The molecule has 1 aromatic carbocycles. The van der Waals surface area contributed by atoms with Gasteiger partial charge in [0.15, 0.2) is 6.23 Å². The second-order valence-electron chi connectivity index (χ2n) is 6.49. The normalized spacial score (nSPS) is 25.3. The summed E-state index contributed by atoms with van der Waals surface area (Å²) in [7, 11) is -4.88. The molecule has 5 atom stereocenters. The number of aliphatic hydroxyl groups excluding tert-OH is 2. The minimum absolute atomic E-state index is 0.205. The van der Waals surface area contributed by atoms with E-state index in [1.54, 1.807) is 0 Å². The van der Waals surface area contributed by atoms with Gasteiger partial charge in [0.1, 0.15) is 18.3 Å². The second-order valence-corrected chi connectivity index (χ2v) is 7.90. The Morgan fingerprint density at radius 3 is 2.71 bits per heavy atom. The Kier molecular flexibility index (Phi) is 6.81. The molecule has 0 spiro atoms. The van der Waals surface area contributed by atoms with E-state index in [-0.39, 0.29) is 11.3 Å². The van der Waals surface area contributed by atoms with Crippen LogP contribution in [-0.4, -0.2) is 54.5 Å². The third kappa shape index (κ3) is 5.32. The molecule has 2 aromatic rings. The quantitative estimate of drug-likeness (QED) is 0.223. The number of phosphoric acid groups is 1. The Morgan fingerprint density at radius 2 is 2.06 bits per heavy atom. The number of nitro benzene ring substituents is 1. The zero-order valence-corrected chi connectivity index (χ0v) is 16.5. The highest BCUT2D eigenvalue weighted by Gasteiger charge is 2.49. The molecule has 31 heavy (non-hydrogen) atoms. The van der Waals surface area contributed by atoms with Gasteiger partial charge in [-0.25, -0.2) is 9.36 Å². The third-order valence-corrected chi connectivity index (χ3v) is 5.35. The molecule has 15 heteroatoms. The van der Waals surface area contributed by atoms with Crippen LogP contribution in [0.15, 0.2) is 46.1 Å². The predicted octanol–water partition coefficient (Wildman–Crippen LogP) is -0.602. The van der Waals surface area contributed by atoms with Gasteiger partial charge in [0.25, 0.3) is 11.2 Å². The van der Waals surface area contributed by atoms with Gasteiger partial charge in [-0.15, -0.1) is 0 Å². The first kappa shape index (κ1) is 23.0. The minimum Gasteiger partial charge on any atom is -0.394 e. The van der Waals surface area contributed by atoms with Crippen LogP contribution in [0.5, 0.6) is 0 Å². The molecule has 0 amide bonds. The lowest BCUT2D eigenvalue weighted by molar-refractivity contribution is -0.384. The van der Waals surface area contributed by atoms with Gasteiger partial charge in [-0.05, 0) is 5.56 Å². The number of phosphoric ester groups is 1. The molecule has 1 unspecified atom stereocenters. The Hall–Kier alpha value is -2.71. The Morgan fingerprint density at radius 1 is 1.32 bits per heavy atom. The first-order valence-corrected chi connectivity index (χ1v) is 10.3. The lowest BCUT2D eigenvalue weighted by Gasteiger charge is -2.24. The van der Waals surface area contributed by atoms with Crippen LogP contribution in [0, 0.1) is 10.1 Å². The van der Waals surface area contributed by atoms with Crippen molar-refractivity contribution in [2.24, 2.45) is 0 Å². The van der Waals surface area contributed by atoms with Crippen LogP contribution in [0.1, 0.15) is 11.8 Å². The van der Waals surface area contributed by atoms with Crippen LogP contribution >= 0.6 is 7.82 Å². The number of nitro groups is 1. The van der Waals surface area contributed by atoms with Crippen molar-refractivity contribution < 1.29 is 38.4 Å². The lowest BCUT2D eigenvalue weighted by Crippen LogP contribution is -2.39. The van der Waals surface area contributed by atoms with Crippen LogP contribution in [0.3, 0.4) is 0 Å². The van der Waals surface area contributed by atoms with E-state index in [4.69, 9.17) is 13.8 Å². The average Bonchev–Trinajstić information content (AvgIpc) is 3.02. The summed E-state index contributed by atoms with van der Waals surface area (Å²) in [5, 5.41) is 30.5. The molecule has 1 aromatic heterocycles. The lowest BCUT2D eigenvalue weighted by atomic mass is 10.1. The molecule has 168 valence electrons. The molecule has 1 saturated heterocycles. The molecule has 0 aliphatic carbocycles. The fourth-order valence-electron chi connectivity index (χ4n) is 2.93. The van der Waals surface area contributed by atoms with Crippen molar-refractivity contribution in [1.29, 1.82) is 0 Å². The Labute approximate surface area is 173 Å². The zero-order chi connectivity index (χ0) is 22.8. The molecular weight excluding hydrogens is 441 g/mol. The number of aromatic amines is 1. The molecule has 2 heterocycles. The zero-order valence-electron chi connectivity index (χ0n) is 15.6. The number of hydrogen-bond donors (Lipinski definition) is 4. The molecule has 1 aliphatic heterocycles. The minimum atomic E-state index is -4.88.